The van der Waals surface area contributed by atoms with Gasteiger partial charge in [-0.25, -0.2) is 0 Å². The number of nitrogens with zero attached hydrogens (tertiary/aromatic N) is 1. The SMILES string of the molecule is CNC(c1ccc(N(C)C)cc1)c1ccco1. The minimum atomic E-state index is 0.112. The zero-order chi connectivity index (χ0) is 12.3. The summed E-state index contributed by atoms with van der Waals surface area (Å²) in [4.78, 5) is 2.09. The highest BCUT2D eigenvalue weighted by Crippen LogP contribution is 2.23. The summed E-state index contributed by atoms with van der Waals surface area (Å²) >= 11 is 0. The smallest absolute Gasteiger partial charge is 0.125 e. The Labute approximate surface area is 102 Å². The summed E-state index contributed by atoms with van der Waals surface area (Å²) in [5.74, 6) is 0.935. The maximum atomic E-state index is 5.45. The molecule has 1 N–H and O–H groups in total. The van der Waals surface area contributed by atoms with Gasteiger partial charge in [-0.15, -0.1) is 0 Å². The van der Waals surface area contributed by atoms with E-state index in [9.17, 15) is 0 Å². The first-order chi connectivity index (χ1) is 8.22. The molecule has 3 nitrogen and oxygen atoms in total. The summed E-state index contributed by atoms with van der Waals surface area (Å²) in [6.45, 7) is 0. The summed E-state index contributed by atoms with van der Waals surface area (Å²) in [7, 11) is 6.02. The zero-order valence-corrected chi connectivity index (χ0v) is 10.5. The average Bonchev–Trinajstić information content (AvgIpc) is 2.84. The normalized spacial score (nSPS) is 12.4. The van der Waals surface area contributed by atoms with Gasteiger partial charge in [0.2, 0.25) is 0 Å². The molecular formula is C14H18N2O. The molecular weight excluding hydrogens is 212 g/mol. The molecule has 2 aromatic rings. The number of hydrogen-bond acceptors (Lipinski definition) is 3. The predicted octanol–water partition coefficient (Wildman–Crippen LogP) is 2.65. The lowest BCUT2D eigenvalue weighted by Gasteiger charge is -2.17. The molecule has 17 heavy (non-hydrogen) atoms. The summed E-state index contributed by atoms with van der Waals surface area (Å²) in [5, 5.41) is 3.26. The van der Waals surface area contributed by atoms with Gasteiger partial charge in [0, 0.05) is 19.8 Å². The van der Waals surface area contributed by atoms with Gasteiger partial charge >= 0.3 is 0 Å². The molecule has 0 radical (unpaired) electrons. The zero-order valence-electron chi connectivity index (χ0n) is 10.5. The van der Waals surface area contributed by atoms with Crippen LogP contribution in [-0.4, -0.2) is 21.1 Å². The molecule has 1 heterocycles. The van der Waals surface area contributed by atoms with E-state index in [0.29, 0.717) is 0 Å². The first-order valence-corrected chi connectivity index (χ1v) is 5.70. The van der Waals surface area contributed by atoms with E-state index in [1.807, 2.05) is 33.3 Å². The first-order valence-electron chi connectivity index (χ1n) is 5.70. The highest BCUT2D eigenvalue weighted by atomic mass is 16.3. The van der Waals surface area contributed by atoms with Crippen molar-refractivity contribution in [2.24, 2.45) is 0 Å². The lowest BCUT2D eigenvalue weighted by atomic mass is 10.0. The van der Waals surface area contributed by atoms with Gasteiger partial charge in [0.25, 0.3) is 0 Å². The molecule has 1 atom stereocenters. The molecule has 0 fully saturated rings. The number of anilines is 1. The summed E-state index contributed by atoms with van der Waals surface area (Å²) in [6.07, 6.45) is 1.70. The third kappa shape index (κ3) is 2.50. The predicted molar refractivity (Wildman–Crippen MR) is 70.4 cm³/mol. The Morgan fingerprint density at radius 1 is 1.12 bits per heavy atom. The molecule has 0 bridgehead atoms. The van der Waals surface area contributed by atoms with Gasteiger partial charge in [0.1, 0.15) is 5.76 Å². The van der Waals surface area contributed by atoms with Crippen molar-refractivity contribution in [1.82, 2.24) is 5.32 Å². The van der Waals surface area contributed by atoms with Crippen LogP contribution in [-0.2, 0) is 0 Å². The van der Waals surface area contributed by atoms with Gasteiger partial charge in [0.05, 0.1) is 12.3 Å². The maximum absolute atomic E-state index is 5.45. The summed E-state index contributed by atoms with van der Waals surface area (Å²) in [6, 6.07) is 12.5. The fourth-order valence-corrected chi connectivity index (χ4v) is 1.89. The molecule has 1 unspecified atom stereocenters. The standard InChI is InChI=1S/C14H18N2O/c1-15-14(13-5-4-10-17-13)11-6-8-12(9-7-11)16(2)3/h4-10,14-15H,1-3H3. The Kier molecular flexibility index (Phi) is 3.49. The van der Waals surface area contributed by atoms with Gasteiger partial charge in [-0.05, 0) is 36.9 Å². The van der Waals surface area contributed by atoms with E-state index in [2.05, 4.69) is 34.5 Å². The van der Waals surface area contributed by atoms with Crippen LogP contribution < -0.4 is 10.2 Å². The second-order valence-corrected chi connectivity index (χ2v) is 4.22. The lowest BCUT2D eigenvalue weighted by Crippen LogP contribution is -2.17. The van der Waals surface area contributed by atoms with Crippen LogP contribution in [0.1, 0.15) is 17.4 Å². The van der Waals surface area contributed by atoms with E-state index in [4.69, 9.17) is 4.42 Å². The molecule has 0 aliphatic carbocycles. The van der Waals surface area contributed by atoms with Crippen LogP contribution in [0.4, 0.5) is 5.69 Å². The Bertz CT molecular complexity index is 446. The Balaban J connectivity index is 2.26. The highest BCUT2D eigenvalue weighted by molar-refractivity contribution is 5.47. The van der Waals surface area contributed by atoms with Crippen molar-refractivity contribution in [3.63, 3.8) is 0 Å². The molecule has 0 spiro atoms. The second-order valence-electron chi connectivity index (χ2n) is 4.22. The topological polar surface area (TPSA) is 28.4 Å². The van der Waals surface area contributed by atoms with Gasteiger partial charge < -0.3 is 14.6 Å². The van der Waals surface area contributed by atoms with Crippen LogP contribution in [0, 0.1) is 0 Å². The van der Waals surface area contributed by atoms with Crippen LogP contribution in [0.5, 0.6) is 0 Å². The number of benzene rings is 1. The van der Waals surface area contributed by atoms with E-state index in [1.165, 1.54) is 11.3 Å². The van der Waals surface area contributed by atoms with Crippen molar-refractivity contribution >= 4 is 5.69 Å². The van der Waals surface area contributed by atoms with E-state index in [1.54, 1.807) is 6.26 Å². The molecule has 1 aromatic heterocycles. The fraction of sp³-hybridized carbons (Fsp3) is 0.286. The van der Waals surface area contributed by atoms with Crippen LogP contribution >= 0.6 is 0 Å². The molecule has 1 aromatic carbocycles. The third-order valence-corrected chi connectivity index (χ3v) is 2.86. The molecule has 0 aliphatic heterocycles. The lowest BCUT2D eigenvalue weighted by molar-refractivity contribution is 0.463. The minimum absolute atomic E-state index is 0.112. The van der Waals surface area contributed by atoms with Gasteiger partial charge in [-0.2, -0.15) is 0 Å². The number of rotatable bonds is 4. The Morgan fingerprint density at radius 2 is 1.82 bits per heavy atom. The van der Waals surface area contributed by atoms with Crippen LogP contribution in [0.3, 0.4) is 0 Å². The molecule has 2 rings (SSSR count). The number of nitrogens with one attached hydrogen (secondary N) is 1. The number of hydrogen-bond donors (Lipinski definition) is 1. The minimum Gasteiger partial charge on any atom is -0.467 e. The van der Waals surface area contributed by atoms with Gasteiger partial charge in [0.15, 0.2) is 0 Å². The van der Waals surface area contributed by atoms with Crippen molar-refractivity contribution in [2.45, 2.75) is 6.04 Å². The van der Waals surface area contributed by atoms with Crippen molar-refractivity contribution in [1.29, 1.82) is 0 Å². The highest BCUT2D eigenvalue weighted by Gasteiger charge is 2.14. The summed E-state index contributed by atoms with van der Waals surface area (Å²) < 4.78 is 5.45. The molecule has 0 amide bonds. The molecule has 90 valence electrons. The van der Waals surface area contributed by atoms with E-state index < -0.39 is 0 Å². The van der Waals surface area contributed by atoms with E-state index >= 15 is 0 Å². The number of furan rings is 1. The van der Waals surface area contributed by atoms with E-state index in [0.717, 1.165) is 5.76 Å². The Morgan fingerprint density at radius 3 is 2.29 bits per heavy atom. The fourth-order valence-electron chi connectivity index (χ4n) is 1.89. The van der Waals surface area contributed by atoms with Crippen LogP contribution in [0.25, 0.3) is 0 Å². The third-order valence-electron chi connectivity index (χ3n) is 2.86. The largest absolute Gasteiger partial charge is 0.467 e. The summed E-state index contributed by atoms with van der Waals surface area (Å²) in [5.41, 5.74) is 2.40. The van der Waals surface area contributed by atoms with Crippen molar-refractivity contribution < 1.29 is 4.42 Å². The van der Waals surface area contributed by atoms with Crippen molar-refractivity contribution in [3.05, 3.63) is 54.0 Å². The van der Waals surface area contributed by atoms with Gasteiger partial charge in [-0.3, -0.25) is 0 Å². The molecule has 0 saturated heterocycles. The monoisotopic (exact) mass is 230 g/mol. The van der Waals surface area contributed by atoms with Crippen LogP contribution in [0.2, 0.25) is 0 Å². The van der Waals surface area contributed by atoms with Crippen LogP contribution in [0.15, 0.2) is 47.1 Å². The Hall–Kier alpha value is -1.74. The van der Waals surface area contributed by atoms with Crippen molar-refractivity contribution in [3.8, 4) is 0 Å². The molecule has 0 aliphatic rings. The second kappa shape index (κ2) is 5.06. The average molecular weight is 230 g/mol. The van der Waals surface area contributed by atoms with Crippen molar-refractivity contribution in [2.75, 3.05) is 26.0 Å². The van der Waals surface area contributed by atoms with E-state index in [-0.39, 0.29) is 6.04 Å². The van der Waals surface area contributed by atoms with Gasteiger partial charge in [-0.1, -0.05) is 12.1 Å². The first kappa shape index (κ1) is 11.7. The quantitative estimate of drug-likeness (QED) is 0.875. The molecule has 0 saturated carbocycles. The maximum Gasteiger partial charge on any atom is 0.125 e. The molecule has 3 heteroatoms.